The first-order chi connectivity index (χ1) is 15.4. The standard InChI is InChI=1S/C22H23N5O4S/c1-3-27-19(14(2)23-20(29)15-8-5-4-6-9-15)25-26-22(27)32-13-18(28)24-17-11-7-10-16(12-17)21(30)31/h4-12,14H,3,13H2,1-2H3,(H,23,29)(H,24,28)(H,30,31). The molecule has 0 aliphatic carbocycles. The lowest BCUT2D eigenvalue weighted by molar-refractivity contribution is -0.113. The number of nitrogens with one attached hydrogen (secondary N) is 2. The van der Waals surface area contributed by atoms with Crippen molar-refractivity contribution in [2.75, 3.05) is 11.1 Å². The number of benzene rings is 2. The number of carbonyl (C=O) groups is 3. The molecule has 3 aromatic rings. The van der Waals surface area contributed by atoms with E-state index in [2.05, 4.69) is 20.8 Å². The highest BCUT2D eigenvalue weighted by molar-refractivity contribution is 7.99. The van der Waals surface area contributed by atoms with Crippen molar-refractivity contribution in [2.24, 2.45) is 0 Å². The minimum absolute atomic E-state index is 0.0696. The van der Waals surface area contributed by atoms with E-state index in [0.717, 1.165) is 0 Å². The molecule has 0 radical (unpaired) electrons. The molecule has 1 aromatic heterocycles. The zero-order chi connectivity index (χ0) is 23.1. The number of thioether (sulfide) groups is 1. The fourth-order valence-corrected chi connectivity index (χ4v) is 3.82. The summed E-state index contributed by atoms with van der Waals surface area (Å²) in [5.74, 6) is -0.905. The zero-order valence-corrected chi connectivity index (χ0v) is 18.4. The van der Waals surface area contributed by atoms with Gasteiger partial charge in [0, 0.05) is 17.8 Å². The number of nitrogens with zero attached hydrogens (tertiary/aromatic N) is 3. The van der Waals surface area contributed by atoms with Crippen molar-refractivity contribution in [2.45, 2.75) is 31.6 Å². The van der Waals surface area contributed by atoms with E-state index in [9.17, 15) is 14.4 Å². The molecule has 32 heavy (non-hydrogen) atoms. The van der Waals surface area contributed by atoms with E-state index < -0.39 is 5.97 Å². The lowest BCUT2D eigenvalue weighted by atomic mass is 10.2. The number of aromatic carboxylic acids is 1. The average molecular weight is 454 g/mol. The van der Waals surface area contributed by atoms with E-state index in [4.69, 9.17) is 5.11 Å². The number of amides is 2. The van der Waals surface area contributed by atoms with Crippen LogP contribution in [-0.4, -0.2) is 43.4 Å². The monoisotopic (exact) mass is 453 g/mol. The normalized spacial score (nSPS) is 11.6. The molecule has 0 bridgehead atoms. The van der Waals surface area contributed by atoms with Crippen molar-refractivity contribution >= 4 is 35.2 Å². The van der Waals surface area contributed by atoms with Gasteiger partial charge in [0.2, 0.25) is 5.91 Å². The first-order valence-corrected chi connectivity index (χ1v) is 10.9. The molecule has 0 aliphatic heterocycles. The van der Waals surface area contributed by atoms with E-state index in [0.29, 0.717) is 28.8 Å². The number of anilines is 1. The SMILES string of the molecule is CCn1c(SCC(=O)Nc2cccc(C(=O)O)c2)nnc1C(C)NC(=O)c1ccccc1. The summed E-state index contributed by atoms with van der Waals surface area (Å²) >= 11 is 1.21. The van der Waals surface area contributed by atoms with Crippen molar-refractivity contribution in [1.82, 2.24) is 20.1 Å². The van der Waals surface area contributed by atoms with Crippen LogP contribution in [0.4, 0.5) is 5.69 Å². The van der Waals surface area contributed by atoms with Crippen molar-refractivity contribution in [1.29, 1.82) is 0 Å². The Labute approximate surface area is 189 Å². The molecule has 0 saturated carbocycles. The predicted molar refractivity (Wildman–Crippen MR) is 121 cm³/mol. The highest BCUT2D eigenvalue weighted by Gasteiger charge is 2.20. The van der Waals surface area contributed by atoms with Gasteiger partial charge in [0.1, 0.15) is 0 Å². The number of hydrogen-bond donors (Lipinski definition) is 3. The van der Waals surface area contributed by atoms with Crippen LogP contribution in [0.1, 0.15) is 46.4 Å². The predicted octanol–water partition coefficient (Wildman–Crippen LogP) is 3.22. The molecule has 0 saturated heterocycles. The third kappa shape index (κ3) is 5.73. The Hall–Kier alpha value is -3.66. The number of hydrogen-bond acceptors (Lipinski definition) is 6. The third-order valence-corrected chi connectivity index (χ3v) is 5.52. The Morgan fingerprint density at radius 1 is 1.06 bits per heavy atom. The first kappa shape index (κ1) is 23.0. The van der Waals surface area contributed by atoms with Gasteiger partial charge in [-0.05, 0) is 44.2 Å². The second kappa shape index (κ2) is 10.6. The Kier molecular flexibility index (Phi) is 7.61. The Morgan fingerprint density at radius 2 is 1.78 bits per heavy atom. The van der Waals surface area contributed by atoms with E-state index in [-0.39, 0.29) is 29.2 Å². The molecule has 1 atom stereocenters. The second-order valence-corrected chi connectivity index (χ2v) is 7.81. The maximum Gasteiger partial charge on any atom is 0.335 e. The van der Waals surface area contributed by atoms with Crippen LogP contribution in [0, 0.1) is 0 Å². The summed E-state index contributed by atoms with van der Waals surface area (Å²) in [4.78, 5) is 35.8. The Morgan fingerprint density at radius 3 is 2.47 bits per heavy atom. The number of carbonyl (C=O) groups excluding carboxylic acids is 2. The molecule has 2 amide bonds. The van der Waals surface area contributed by atoms with Crippen LogP contribution >= 0.6 is 11.8 Å². The highest BCUT2D eigenvalue weighted by atomic mass is 32.2. The van der Waals surface area contributed by atoms with Crippen LogP contribution in [-0.2, 0) is 11.3 Å². The zero-order valence-electron chi connectivity index (χ0n) is 17.6. The molecule has 9 nitrogen and oxygen atoms in total. The largest absolute Gasteiger partial charge is 0.478 e. The molecule has 166 valence electrons. The van der Waals surface area contributed by atoms with Gasteiger partial charge >= 0.3 is 5.97 Å². The smallest absolute Gasteiger partial charge is 0.335 e. The molecule has 10 heteroatoms. The lowest BCUT2D eigenvalue weighted by Gasteiger charge is -2.15. The Balaban J connectivity index is 1.62. The molecule has 3 rings (SSSR count). The maximum atomic E-state index is 12.4. The maximum absolute atomic E-state index is 12.4. The summed E-state index contributed by atoms with van der Waals surface area (Å²) < 4.78 is 1.85. The quantitative estimate of drug-likeness (QED) is 0.425. The van der Waals surface area contributed by atoms with E-state index in [1.54, 1.807) is 36.4 Å². The van der Waals surface area contributed by atoms with Gasteiger partial charge in [-0.1, -0.05) is 36.0 Å². The average Bonchev–Trinajstić information content (AvgIpc) is 3.21. The molecule has 3 N–H and O–H groups in total. The summed E-state index contributed by atoms with van der Waals surface area (Å²) in [6, 6.07) is 14.6. The van der Waals surface area contributed by atoms with E-state index in [1.165, 1.54) is 23.9 Å². The van der Waals surface area contributed by atoms with Gasteiger partial charge in [-0.2, -0.15) is 0 Å². The highest BCUT2D eigenvalue weighted by Crippen LogP contribution is 2.21. The molecule has 0 fully saturated rings. The fraction of sp³-hybridized carbons (Fsp3) is 0.227. The first-order valence-electron chi connectivity index (χ1n) is 9.94. The van der Waals surface area contributed by atoms with Crippen molar-refractivity contribution in [3.8, 4) is 0 Å². The summed E-state index contributed by atoms with van der Waals surface area (Å²) in [6.07, 6.45) is 0. The summed E-state index contributed by atoms with van der Waals surface area (Å²) in [5.41, 5.74) is 1.06. The van der Waals surface area contributed by atoms with Crippen LogP contribution in [0.25, 0.3) is 0 Å². The fourth-order valence-electron chi connectivity index (χ4n) is 3.02. The summed E-state index contributed by atoms with van der Waals surface area (Å²) in [7, 11) is 0. The van der Waals surface area contributed by atoms with Gasteiger partial charge in [0.25, 0.3) is 5.91 Å². The second-order valence-electron chi connectivity index (χ2n) is 6.87. The topological polar surface area (TPSA) is 126 Å². The van der Waals surface area contributed by atoms with Gasteiger partial charge < -0.3 is 20.3 Å². The molecule has 1 heterocycles. The van der Waals surface area contributed by atoms with Gasteiger partial charge in [0.15, 0.2) is 11.0 Å². The van der Waals surface area contributed by atoms with Crippen LogP contribution < -0.4 is 10.6 Å². The van der Waals surface area contributed by atoms with E-state index in [1.807, 2.05) is 24.5 Å². The third-order valence-electron chi connectivity index (χ3n) is 4.56. The molecular formula is C22H23N5O4S. The molecule has 2 aromatic carbocycles. The van der Waals surface area contributed by atoms with Gasteiger partial charge in [-0.3, -0.25) is 9.59 Å². The molecular weight excluding hydrogens is 430 g/mol. The molecule has 0 spiro atoms. The summed E-state index contributed by atoms with van der Waals surface area (Å²) in [6.45, 7) is 4.33. The minimum Gasteiger partial charge on any atom is -0.478 e. The van der Waals surface area contributed by atoms with Crippen LogP contribution in [0.2, 0.25) is 0 Å². The number of carboxylic acids is 1. The number of carboxylic acid groups (broad SMARTS) is 1. The van der Waals surface area contributed by atoms with Crippen molar-refractivity contribution in [3.63, 3.8) is 0 Å². The number of rotatable bonds is 9. The van der Waals surface area contributed by atoms with Crippen molar-refractivity contribution in [3.05, 3.63) is 71.5 Å². The van der Waals surface area contributed by atoms with Crippen molar-refractivity contribution < 1.29 is 19.5 Å². The van der Waals surface area contributed by atoms with Gasteiger partial charge in [0.05, 0.1) is 17.4 Å². The minimum atomic E-state index is -1.06. The van der Waals surface area contributed by atoms with Crippen LogP contribution in [0.15, 0.2) is 59.8 Å². The van der Waals surface area contributed by atoms with Gasteiger partial charge in [-0.25, -0.2) is 4.79 Å². The van der Waals surface area contributed by atoms with Crippen LogP contribution in [0.3, 0.4) is 0 Å². The lowest BCUT2D eigenvalue weighted by Crippen LogP contribution is -2.28. The van der Waals surface area contributed by atoms with Crippen LogP contribution in [0.5, 0.6) is 0 Å². The van der Waals surface area contributed by atoms with Gasteiger partial charge in [-0.15, -0.1) is 10.2 Å². The summed E-state index contributed by atoms with van der Waals surface area (Å²) in [5, 5.41) is 23.6. The number of aromatic nitrogens is 3. The Bertz CT molecular complexity index is 1120. The molecule has 0 aliphatic rings. The molecule has 1 unspecified atom stereocenters. The van der Waals surface area contributed by atoms with E-state index >= 15 is 0 Å².